The number of hydrogen-bond acceptors (Lipinski definition) is 7. The molecule has 0 aliphatic rings. The Morgan fingerprint density at radius 2 is 2.03 bits per heavy atom. The van der Waals surface area contributed by atoms with Crippen molar-refractivity contribution in [3.05, 3.63) is 30.0 Å². The van der Waals surface area contributed by atoms with E-state index in [0.29, 0.717) is 6.42 Å². The van der Waals surface area contributed by atoms with Gasteiger partial charge < -0.3 is 18.9 Å². The third-order valence-corrected chi connectivity index (χ3v) is 7.78. The van der Waals surface area contributed by atoms with Crippen molar-refractivity contribution in [3.63, 3.8) is 0 Å². The van der Waals surface area contributed by atoms with E-state index in [0.717, 1.165) is 40.9 Å². The van der Waals surface area contributed by atoms with Crippen LogP contribution in [0.2, 0.25) is 0 Å². The van der Waals surface area contributed by atoms with E-state index < -0.39 is 19.7 Å². The first-order chi connectivity index (χ1) is 15.3. The van der Waals surface area contributed by atoms with Crippen LogP contribution >= 0.6 is 19.4 Å². The molecule has 2 rings (SSSR count). The number of nitrogens with zero attached hydrogens (tertiary/aromatic N) is 2. The summed E-state index contributed by atoms with van der Waals surface area (Å²) in [5, 5.41) is 3.98. The molecule has 2 atom stereocenters. The fourth-order valence-electron chi connectivity index (χ4n) is 3.39. The monoisotopic (exact) mass is 485 g/mol. The van der Waals surface area contributed by atoms with E-state index in [9.17, 15) is 9.36 Å². The van der Waals surface area contributed by atoms with Gasteiger partial charge in [-0.15, -0.1) is 0 Å². The maximum atomic E-state index is 14.2. The van der Waals surface area contributed by atoms with Crippen molar-refractivity contribution in [1.29, 1.82) is 0 Å². The number of methoxy groups -OCH3 is 1. The summed E-state index contributed by atoms with van der Waals surface area (Å²) >= 11 is 1.62. The van der Waals surface area contributed by atoms with Gasteiger partial charge in [0.15, 0.2) is 0 Å². The van der Waals surface area contributed by atoms with E-state index in [-0.39, 0.29) is 13.2 Å². The molecular formula is C22H36N3O5PS. The molecular weight excluding hydrogens is 449 g/mol. The van der Waals surface area contributed by atoms with E-state index in [1.165, 1.54) is 0 Å². The maximum absolute atomic E-state index is 14.2. The van der Waals surface area contributed by atoms with Crippen LogP contribution in [0.15, 0.2) is 24.4 Å². The molecule has 1 N–H and O–H groups in total. The lowest BCUT2D eigenvalue weighted by Gasteiger charge is -2.25. The summed E-state index contributed by atoms with van der Waals surface area (Å²) in [6, 6.07) is 4.92. The number of nitrogens with one attached hydrogen (secondary N) is 1. The summed E-state index contributed by atoms with van der Waals surface area (Å²) < 4.78 is 32.3. The molecule has 0 saturated heterocycles. The minimum Gasteiger partial charge on any atom is -0.497 e. The van der Waals surface area contributed by atoms with Gasteiger partial charge in [0.1, 0.15) is 11.8 Å². The number of carbonyl (C=O) groups excluding carboxylic acids is 1. The molecule has 0 bridgehead atoms. The van der Waals surface area contributed by atoms with Gasteiger partial charge in [-0.25, -0.2) is 9.65 Å². The number of benzene rings is 1. The van der Waals surface area contributed by atoms with Crippen LogP contribution in [0.3, 0.4) is 0 Å². The van der Waals surface area contributed by atoms with Crippen LogP contribution < -0.4 is 9.82 Å². The Hall–Kier alpha value is -1.51. The van der Waals surface area contributed by atoms with Crippen LogP contribution in [0, 0.1) is 0 Å². The molecule has 0 aliphatic heterocycles. The predicted molar refractivity (Wildman–Crippen MR) is 132 cm³/mol. The van der Waals surface area contributed by atoms with Crippen molar-refractivity contribution in [2.45, 2.75) is 32.7 Å². The normalized spacial score (nSPS) is 14.5. The summed E-state index contributed by atoms with van der Waals surface area (Å²) in [6.45, 7) is 4.87. The van der Waals surface area contributed by atoms with Crippen molar-refractivity contribution < 1.29 is 23.4 Å². The first-order valence-electron chi connectivity index (χ1n) is 10.8. The minimum atomic E-state index is -3.64. The maximum Gasteiger partial charge on any atom is 0.373 e. The zero-order chi connectivity index (χ0) is 23.7. The lowest BCUT2D eigenvalue weighted by molar-refractivity contribution is -0.145. The number of ether oxygens (including phenoxy) is 2. The fraction of sp³-hybridized carbons (Fsp3) is 0.591. The average molecular weight is 486 g/mol. The van der Waals surface area contributed by atoms with E-state index in [4.69, 9.17) is 14.0 Å². The van der Waals surface area contributed by atoms with Gasteiger partial charge in [-0.05, 0) is 76.6 Å². The van der Waals surface area contributed by atoms with Crippen LogP contribution in [-0.2, 0) is 25.0 Å². The highest BCUT2D eigenvalue weighted by molar-refractivity contribution is 7.98. The molecule has 32 heavy (non-hydrogen) atoms. The molecule has 0 radical (unpaired) electrons. The Bertz CT molecular complexity index is 934. The van der Waals surface area contributed by atoms with Gasteiger partial charge in [-0.2, -0.15) is 11.8 Å². The van der Waals surface area contributed by atoms with Crippen LogP contribution in [-0.4, -0.2) is 74.2 Å². The molecule has 0 fully saturated rings. The number of thioether (sulfide) groups is 1. The number of hydrogen-bond donors (Lipinski definition) is 1. The zero-order valence-electron chi connectivity index (χ0n) is 19.9. The topological polar surface area (TPSA) is 82.0 Å². The van der Waals surface area contributed by atoms with Crippen molar-refractivity contribution in [2.24, 2.45) is 0 Å². The second-order valence-electron chi connectivity index (χ2n) is 7.59. The summed E-state index contributed by atoms with van der Waals surface area (Å²) in [5.41, 5.74) is 1.79. The van der Waals surface area contributed by atoms with Gasteiger partial charge >= 0.3 is 13.6 Å². The molecule has 2 unspecified atom stereocenters. The Labute approximate surface area is 195 Å². The van der Waals surface area contributed by atoms with Gasteiger partial charge in [0, 0.05) is 18.1 Å². The van der Waals surface area contributed by atoms with Crippen molar-refractivity contribution in [1.82, 2.24) is 14.3 Å². The highest BCUT2D eigenvalue weighted by Gasteiger charge is 2.34. The minimum absolute atomic E-state index is 0.227. The summed E-state index contributed by atoms with van der Waals surface area (Å²) in [5.74, 6) is 1.03. The molecule has 10 heteroatoms. The highest BCUT2D eigenvalue weighted by Crippen LogP contribution is 2.48. The van der Waals surface area contributed by atoms with E-state index in [1.807, 2.05) is 44.7 Å². The quantitative estimate of drug-likeness (QED) is 0.317. The summed E-state index contributed by atoms with van der Waals surface area (Å²) in [4.78, 5) is 14.7. The fourth-order valence-corrected chi connectivity index (χ4v) is 5.92. The summed E-state index contributed by atoms with van der Waals surface area (Å²) in [6.07, 6.45) is 5.09. The second kappa shape index (κ2) is 12.7. The van der Waals surface area contributed by atoms with Crippen LogP contribution in [0.4, 0.5) is 0 Å². The molecule has 0 aliphatic carbocycles. The number of aromatic nitrogens is 1. The first kappa shape index (κ1) is 26.7. The van der Waals surface area contributed by atoms with Gasteiger partial charge in [-0.1, -0.05) is 0 Å². The van der Waals surface area contributed by atoms with E-state index in [1.54, 1.807) is 37.1 Å². The van der Waals surface area contributed by atoms with Gasteiger partial charge in [-0.3, -0.25) is 9.13 Å². The van der Waals surface area contributed by atoms with Crippen molar-refractivity contribution >= 4 is 36.3 Å². The molecule has 0 saturated carbocycles. The molecule has 1 heterocycles. The third-order valence-electron chi connectivity index (χ3n) is 4.99. The molecule has 1 aromatic heterocycles. The van der Waals surface area contributed by atoms with E-state index >= 15 is 0 Å². The number of esters is 1. The molecule has 1 aromatic carbocycles. The van der Waals surface area contributed by atoms with Crippen molar-refractivity contribution in [3.8, 4) is 5.75 Å². The van der Waals surface area contributed by atoms with Gasteiger partial charge in [0.25, 0.3) is 0 Å². The summed E-state index contributed by atoms with van der Waals surface area (Å²) in [7, 11) is 2.02. The lowest BCUT2D eigenvalue weighted by atomic mass is 10.1. The standard InChI is InChI=1S/C22H36N3O5PS/c1-7-29-22(26)20(12-14-32-6)23-31(27,30-8-2)25-16-17(11-13-24(3)4)19-15-18(28-5)9-10-21(19)25/h9-10,15-16,20H,7-8,11-14H2,1-6H3,(H,23,27). The zero-order valence-corrected chi connectivity index (χ0v) is 21.6. The SMILES string of the molecule is CCOC(=O)C(CCSC)NP(=O)(OCC)n1cc(CCN(C)C)c2cc(OC)ccc21. The average Bonchev–Trinajstić information content (AvgIpc) is 3.14. The Balaban J connectivity index is 2.55. The smallest absolute Gasteiger partial charge is 0.373 e. The Morgan fingerprint density at radius 3 is 2.62 bits per heavy atom. The van der Waals surface area contributed by atoms with Gasteiger partial charge in [0.05, 0.1) is 25.8 Å². The van der Waals surface area contributed by atoms with Crippen molar-refractivity contribution in [2.75, 3.05) is 53.0 Å². The second-order valence-corrected chi connectivity index (χ2v) is 10.6. The number of likely N-dealkylation sites (N-methyl/N-ethyl adjacent to an activating group) is 1. The Morgan fingerprint density at radius 1 is 1.28 bits per heavy atom. The molecule has 180 valence electrons. The lowest BCUT2D eigenvalue weighted by Crippen LogP contribution is -2.38. The first-order valence-corrected chi connectivity index (χ1v) is 13.8. The van der Waals surface area contributed by atoms with Gasteiger partial charge in [0.2, 0.25) is 0 Å². The van der Waals surface area contributed by atoms with Crippen LogP contribution in [0.25, 0.3) is 10.9 Å². The largest absolute Gasteiger partial charge is 0.497 e. The number of carbonyl (C=O) groups is 1. The number of rotatable bonds is 14. The Kier molecular flexibility index (Phi) is 10.6. The van der Waals surface area contributed by atoms with Crippen LogP contribution in [0.1, 0.15) is 25.8 Å². The third kappa shape index (κ3) is 6.75. The molecule has 0 amide bonds. The number of fused-ring (bicyclic) bond motifs is 1. The molecule has 8 nitrogen and oxygen atoms in total. The predicted octanol–water partition coefficient (Wildman–Crippen LogP) is 4.02. The van der Waals surface area contributed by atoms with E-state index in [2.05, 4.69) is 9.99 Å². The van der Waals surface area contributed by atoms with Crippen LogP contribution in [0.5, 0.6) is 5.75 Å². The highest BCUT2D eigenvalue weighted by atomic mass is 32.2. The molecule has 2 aromatic rings. The molecule has 0 spiro atoms.